The molecule has 121 heavy (non-hydrogen) atoms. The van der Waals surface area contributed by atoms with Crippen LogP contribution in [0.5, 0.6) is 0 Å². The number of nitriles is 5. The van der Waals surface area contributed by atoms with Crippen molar-refractivity contribution in [2.45, 2.75) is 119 Å². The Bertz CT molecular complexity index is 6860. The summed E-state index contributed by atoms with van der Waals surface area (Å²) < 4.78 is 107. The van der Waals surface area contributed by atoms with E-state index in [4.69, 9.17) is 28.3 Å². The van der Waals surface area contributed by atoms with E-state index >= 15 is 0 Å². The zero-order chi connectivity index (χ0) is 87.0. The fourth-order valence-electron chi connectivity index (χ4n) is 14.2. The average Bonchev–Trinajstić information content (AvgIpc) is 1.76. The third-order valence-corrected chi connectivity index (χ3v) is 28.3. The number of sulfone groups is 4. The molecular weight excluding hydrogens is 1680 g/mol. The summed E-state index contributed by atoms with van der Waals surface area (Å²) in [5.74, 6) is -6.02. The number of allylic oxidation sites excluding steroid dienone is 4. The van der Waals surface area contributed by atoms with Crippen molar-refractivity contribution in [2.75, 3.05) is 0 Å². The Morgan fingerprint density at radius 2 is 0.826 bits per heavy atom. The summed E-state index contributed by atoms with van der Waals surface area (Å²) in [6.07, 6.45) is 12.7. The van der Waals surface area contributed by atoms with Crippen LogP contribution in [-0.4, -0.2) is 92.9 Å². The van der Waals surface area contributed by atoms with Crippen molar-refractivity contribution >= 4 is 103 Å². The second-order valence-corrected chi connectivity index (χ2v) is 38.4. The topological polar surface area (TPSA) is 443 Å². The number of carbonyl (C=O) groups is 4. The minimum atomic E-state index is -4.09. The maximum absolute atomic E-state index is 13.5. The Morgan fingerprint density at radius 1 is 0.413 bits per heavy atom. The van der Waals surface area contributed by atoms with Gasteiger partial charge in [0.25, 0.3) is 0 Å². The van der Waals surface area contributed by atoms with Crippen molar-refractivity contribution < 1.29 is 73.3 Å². The lowest BCUT2D eigenvalue weighted by Gasteiger charge is -2.17. The molecule has 31 heteroatoms. The molecule has 15 rings (SSSR count). The zero-order valence-corrected chi connectivity index (χ0v) is 69.7. The largest absolute Gasteiger partial charge is 0.478 e. The number of hydrogen-bond donors (Lipinski definition) is 4. The van der Waals surface area contributed by atoms with Crippen LogP contribution in [0.3, 0.4) is 0 Å². The van der Waals surface area contributed by atoms with E-state index in [1.807, 2.05) is 38.1 Å². The molecule has 0 saturated heterocycles. The van der Waals surface area contributed by atoms with E-state index in [0.29, 0.717) is 95.3 Å². The van der Waals surface area contributed by atoms with Crippen LogP contribution in [-0.2, 0) is 62.4 Å². The molecule has 11 aromatic rings. The van der Waals surface area contributed by atoms with Gasteiger partial charge in [-0.2, -0.15) is 26.3 Å². The first-order valence-corrected chi connectivity index (χ1v) is 45.4. The highest BCUT2D eigenvalue weighted by molar-refractivity contribution is 7.91. The Balaban J connectivity index is 0.000000148. The third kappa shape index (κ3) is 20.6. The van der Waals surface area contributed by atoms with Crippen LogP contribution in [0.2, 0.25) is 5.02 Å². The van der Waals surface area contributed by atoms with E-state index < -0.39 is 74.7 Å². The van der Waals surface area contributed by atoms with Crippen LogP contribution in [0.1, 0.15) is 188 Å². The first-order chi connectivity index (χ1) is 57.6. The monoisotopic (exact) mass is 1750 g/mol. The molecule has 4 N–H and O–H groups in total. The highest BCUT2D eigenvalue weighted by Crippen LogP contribution is 2.48. The molecule has 3 heterocycles. The van der Waals surface area contributed by atoms with Gasteiger partial charge in [-0.05, 0) is 265 Å². The highest BCUT2D eigenvalue weighted by atomic mass is 35.5. The smallest absolute Gasteiger partial charge is 0.335 e. The van der Waals surface area contributed by atoms with E-state index in [-0.39, 0.29) is 92.8 Å². The molecule has 4 aliphatic carbocycles. The average molecular weight is 1750 g/mol. The fourth-order valence-corrected chi connectivity index (χ4v) is 21.8. The van der Waals surface area contributed by atoms with Crippen LogP contribution < -0.4 is 0 Å². The number of aryl methyl sites for hydroxylation is 2. The van der Waals surface area contributed by atoms with Gasteiger partial charge in [-0.25, -0.2) is 57.8 Å². The van der Waals surface area contributed by atoms with Gasteiger partial charge in [-0.1, -0.05) is 65.7 Å². The number of benzene rings is 8. The highest BCUT2D eigenvalue weighted by Gasteiger charge is 2.36. The Labute approximate surface area is 710 Å². The fraction of sp³-hybridized carbons (Fsp3) is 0.178. The predicted molar refractivity (Wildman–Crippen MR) is 451 cm³/mol. The number of rotatable bonds is 23. The second-order valence-electron chi connectivity index (χ2n) is 28.9. The number of aromatic carboxylic acids is 4. The van der Waals surface area contributed by atoms with Crippen LogP contribution in [0, 0.1) is 70.5 Å². The van der Waals surface area contributed by atoms with E-state index in [1.54, 1.807) is 126 Å². The minimum absolute atomic E-state index is 0.0302. The first-order valence-electron chi connectivity index (χ1n) is 37.0. The number of pyridine rings is 2. The van der Waals surface area contributed by atoms with Gasteiger partial charge in [0.1, 0.15) is 12.1 Å². The number of thiazole rings is 1. The maximum atomic E-state index is 13.5. The summed E-state index contributed by atoms with van der Waals surface area (Å²) in [4.78, 5) is 58.2. The zero-order valence-electron chi connectivity index (χ0n) is 64.1. The molecule has 24 nitrogen and oxygen atoms in total. The lowest BCUT2D eigenvalue weighted by atomic mass is 9.93. The number of carboxylic acids is 4. The molecule has 0 unspecified atom stereocenters. The van der Waals surface area contributed by atoms with E-state index in [2.05, 4.69) is 27.1 Å². The van der Waals surface area contributed by atoms with Gasteiger partial charge in [-0.3, -0.25) is 9.97 Å². The van der Waals surface area contributed by atoms with Gasteiger partial charge in [0.2, 0.25) is 0 Å². The number of halogens is 2. The van der Waals surface area contributed by atoms with Gasteiger partial charge >= 0.3 is 23.9 Å². The molecule has 0 amide bonds. The molecule has 608 valence electrons. The lowest BCUT2D eigenvalue weighted by molar-refractivity contribution is 0.0685. The van der Waals surface area contributed by atoms with E-state index in [0.717, 1.165) is 66.9 Å². The Kier molecular flexibility index (Phi) is 26.4. The number of nitrogens with zero attached hydrogens (tertiary/aromatic N) is 8. The van der Waals surface area contributed by atoms with E-state index in [1.165, 1.54) is 72.0 Å². The number of hydrogen-bond acceptors (Lipinski definition) is 21. The van der Waals surface area contributed by atoms with Crippen molar-refractivity contribution in [3.63, 3.8) is 0 Å². The van der Waals surface area contributed by atoms with Gasteiger partial charge in [-0.15, -0.1) is 11.3 Å². The molecule has 0 bridgehead atoms. The predicted octanol–water partition coefficient (Wildman–Crippen LogP) is 17.9. The number of aromatic nitrogens is 3. The van der Waals surface area contributed by atoms with Crippen LogP contribution >= 0.6 is 34.5 Å². The van der Waals surface area contributed by atoms with Gasteiger partial charge in [0, 0.05) is 45.9 Å². The van der Waals surface area contributed by atoms with Gasteiger partial charge in [0.05, 0.1) is 138 Å². The van der Waals surface area contributed by atoms with Crippen LogP contribution in [0.4, 0.5) is 0 Å². The quantitative estimate of drug-likeness (QED) is 0.0462. The first kappa shape index (κ1) is 87.2. The van der Waals surface area contributed by atoms with Crippen LogP contribution in [0.25, 0.3) is 39.3 Å². The van der Waals surface area contributed by atoms with Crippen LogP contribution in [0.15, 0.2) is 224 Å². The van der Waals surface area contributed by atoms with Crippen molar-refractivity contribution in [1.29, 1.82) is 26.3 Å². The Hall–Kier alpha value is -13.1. The summed E-state index contributed by atoms with van der Waals surface area (Å²) in [6.45, 7) is 3.67. The molecule has 3 saturated carbocycles. The van der Waals surface area contributed by atoms with Crippen molar-refractivity contribution in [3.05, 3.63) is 315 Å². The molecule has 0 aliphatic heterocycles. The molecule has 0 spiro atoms. The molecule has 8 aromatic carbocycles. The Morgan fingerprint density at radius 3 is 1.23 bits per heavy atom. The summed E-state index contributed by atoms with van der Waals surface area (Å²) in [6, 6.07) is 51.0. The van der Waals surface area contributed by atoms with Crippen molar-refractivity contribution in [3.8, 4) is 64.1 Å². The summed E-state index contributed by atoms with van der Waals surface area (Å²) in [5.41, 5.74) is 12.6. The summed E-state index contributed by atoms with van der Waals surface area (Å²) >= 11 is 13.7. The minimum Gasteiger partial charge on any atom is -0.478 e. The molecule has 3 fully saturated rings. The molecule has 3 aromatic heterocycles. The molecule has 4 aliphatic rings. The molecular formula is C90H68Cl2N8O16S5. The third-order valence-electron chi connectivity index (χ3n) is 20.3. The lowest BCUT2D eigenvalue weighted by Crippen LogP contribution is -2.12. The van der Waals surface area contributed by atoms with Gasteiger partial charge in [0.15, 0.2) is 39.3 Å². The molecule has 0 radical (unpaired) electrons. The second kappa shape index (κ2) is 36.6. The molecule has 0 atom stereocenters. The maximum Gasteiger partial charge on any atom is 0.335 e. The standard InChI is InChI=1S/C24H20ClNO4S.C24H20N2O4S.C21H15ClN2O4S2.C21H13N3O4S/c1-14-8-15(12-26)9-19(23(14)17-4-6-20(25)10-17)13-31(29,30)22-11-18(24(27)28)5-7-21(22)16-2-3-16;1-15-10-16(13-25)11-19(23(15)21-4-2-3-9-26-21)14-31(29,30)22-12-18(24(27)28)7-8-20(22)17-5-6-17;22-18-7-17(19-9-29-11-24-19)15(5-14(18)8-23)10-30(27,28)20-6-13(21(25)26)3-4-16(20)12-1-2-12;22-11-14-4-7-18(19-3-1-2-8-24-19)17(9-14)13-29(27,28)20-10-15(21(25)26)5-6-16(20)12-23/h4-9,11,16H,2-3,10,13H2,1H3,(H,27,28);2-4,7-12,17H,5-6,14H2,1H3,(H,27,28);3-7,9,11-12H,1-2,10H2,(H,25,26);1-10H,13H2,(H,25,26). The summed E-state index contributed by atoms with van der Waals surface area (Å²) in [5, 5.41) is 86.5. The summed E-state index contributed by atoms with van der Waals surface area (Å²) in [7, 11) is -15.7. The number of carboxylic acid groups (broad SMARTS) is 4. The normalized spacial score (nSPS) is 13.5. The SMILES string of the molecule is Cc1cc(C#N)cc(CS(=O)(=O)c2cc(C(=O)O)ccc2C2CC2)c1-c1ccccn1.Cc1cc(C#N)cc(CS(=O)(=O)c2cc(C(=O)O)ccc2C2CC2)c1C1=CC=C(Cl)C1.N#Cc1cc(CS(=O)(=O)c2cc(C(=O)O)ccc2C2CC2)c(-c2cscn2)cc1Cl.N#Cc1ccc(-c2ccccn2)c(CS(=O)(=O)c2cc(C(=O)O)ccc2C#N)c1. The van der Waals surface area contributed by atoms with Crippen molar-refractivity contribution in [1.82, 2.24) is 15.0 Å². The van der Waals surface area contributed by atoms with E-state index in [9.17, 15) is 94.5 Å². The van der Waals surface area contributed by atoms with Gasteiger partial charge < -0.3 is 20.4 Å². The van der Waals surface area contributed by atoms with Crippen molar-refractivity contribution in [2.24, 2.45) is 0 Å².